The zero-order valence-electron chi connectivity index (χ0n) is 17.0. The van der Waals surface area contributed by atoms with Gasteiger partial charge in [0, 0.05) is 44.5 Å². The van der Waals surface area contributed by atoms with E-state index >= 15 is 0 Å². The van der Waals surface area contributed by atoms with E-state index in [2.05, 4.69) is 11.1 Å². The molecule has 160 valence electrons. The largest absolute Gasteiger partial charge is 0.457 e. The summed E-state index contributed by atoms with van der Waals surface area (Å²) in [5, 5.41) is 20.6. The number of anilines is 1. The minimum Gasteiger partial charge on any atom is -0.457 e. The Balaban J connectivity index is 1.55. The molecule has 1 amide bonds. The van der Waals surface area contributed by atoms with E-state index in [0.29, 0.717) is 43.3 Å². The highest BCUT2D eigenvalue weighted by atomic mass is 16.6. The summed E-state index contributed by atoms with van der Waals surface area (Å²) in [6.45, 7) is 1.74. The van der Waals surface area contributed by atoms with Crippen molar-refractivity contribution >= 4 is 17.4 Å². The number of nitriles is 1. The molecule has 3 aromatic rings. The summed E-state index contributed by atoms with van der Waals surface area (Å²) in [5.41, 5.74) is 0.427. The molecule has 0 N–H and O–H groups in total. The molecule has 2 heterocycles. The lowest BCUT2D eigenvalue weighted by atomic mass is 10.1. The number of carbonyl (C=O) groups is 1. The number of hydrogen-bond acceptors (Lipinski definition) is 7. The van der Waals surface area contributed by atoms with Crippen LogP contribution in [0.2, 0.25) is 0 Å². The first-order valence-electron chi connectivity index (χ1n) is 9.97. The lowest BCUT2D eigenvalue weighted by Crippen LogP contribution is -2.49. The number of nitrogens with zero attached hydrogens (tertiary/aromatic N) is 5. The monoisotopic (exact) mass is 429 g/mol. The van der Waals surface area contributed by atoms with Crippen molar-refractivity contribution in [2.45, 2.75) is 0 Å². The lowest BCUT2D eigenvalue weighted by molar-refractivity contribution is -0.384. The number of pyridine rings is 1. The quantitative estimate of drug-likeness (QED) is 0.450. The van der Waals surface area contributed by atoms with Gasteiger partial charge in [0.15, 0.2) is 0 Å². The maximum atomic E-state index is 13.3. The van der Waals surface area contributed by atoms with Crippen LogP contribution in [0.3, 0.4) is 0 Å². The van der Waals surface area contributed by atoms with Crippen molar-refractivity contribution in [2.24, 2.45) is 0 Å². The highest BCUT2D eigenvalue weighted by Crippen LogP contribution is 2.30. The van der Waals surface area contributed by atoms with Gasteiger partial charge in [0.25, 0.3) is 11.6 Å². The average Bonchev–Trinajstić information content (AvgIpc) is 2.84. The van der Waals surface area contributed by atoms with Crippen molar-refractivity contribution < 1.29 is 14.5 Å². The topological polar surface area (TPSA) is 113 Å². The fraction of sp³-hybridized carbons (Fsp3) is 0.174. The van der Waals surface area contributed by atoms with Gasteiger partial charge in [-0.05, 0) is 30.3 Å². The van der Waals surface area contributed by atoms with Gasteiger partial charge in [0.2, 0.25) is 0 Å². The number of carbonyl (C=O) groups excluding carboxylic acids is 1. The molecule has 0 spiro atoms. The number of rotatable bonds is 5. The second kappa shape index (κ2) is 9.14. The first-order valence-corrected chi connectivity index (χ1v) is 9.97. The van der Waals surface area contributed by atoms with Crippen LogP contribution in [0.25, 0.3) is 0 Å². The second-order valence-corrected chi connectivity index (χ2v) is 7.12. The van der Waals surface area contributed by atoms with Gasteiger partial charge in [-0.25, -0.2) is 4.98 Å². The number of non-ortho nitro benzene ring substituents is 1. The molecule has 1 fully saturated rings. The van der Waals surface area contributed by atoms with E-state index in [1.54, 1.807) is 47.5 Å². The van der Waals surface area contributed by atoms with E-state index in [1.807, 2.05) is 11.0 Å². The van der Waals surface area contributed by atoms with Crippen LogP contribution in [0, 0.1) is 21.4 Å². The standard InChI is InChI=1S/C23H19N5O4/c24-16-17-5-4-10-25-22(17)26-11-13-27(14-12-26)23(29)20-15-18(28(30)31)8-9-21(20)32-19-6-2-1-3-7-19/h1-10,15H,11-14H2. The molecule has 0 saturated carbocycles. The van der Waals surface area contributed by atoms with Crippen LogP contribution in [-0.2, 0) is 0 Å². The van der Waals surface area contributed by atoms with Gasteiger partial charge in [0.1, 0.15) is 23.4 Å². The Hall–Kier alpha value is -4.45. The Labute approximate surface area is 184 Å². The molecule has 0 aliphatic carbocycles. The van der Waals surface area contributed by atoms with Gasteiger partial charge >= 0.3 is 0 Å². The summed E-state index contributed by atoms with van der Waals surface area (Å²) >= 11 is 0. The number of nitro benzene ring substituents is 1. The Morgan fingerprint density at radius 1 is 1.06 bits per heavy atom. The Morgan fingerprint density at radius 2 is 1.81 bits per heavy atom. The Bertz CT molecular complexity index is 1180. The highest BCUT2D eigenvalue weighted by molar-refractivity contribution is 5.98. The Morgan fingerprint density at radius 3 is 2.50 bits per heavy atom. The minimum atomic E-state index is -0.536. The third kappa shape index (κ3) is 4.34. The fourth-order valence-electron chi connectivity index (χ4n) is 3.53. The molecule has 1 saturated heterocycles. The maximum Gasteiger partial charge on any atom is 0.270 e. The molecule has 1 aliphatic heterocycles. The smallest absolute Gasteiger partial charge is 0.270 e. The van der Waals surface area contributed by atoms with Gasteiger partial charge in [-0.3, -0.25) is 14.9 Å². The van der Waals surface area contributed by atoms with Crippen LogP contribution >= 0.6 is 0 Å². The maximum absolute atomic E-state index is 13.3. The zero-order chi connectivity index (χ0) is 22.5. The number of hydrogen-bond donors (Lipinski definition) is 0. The zero-order valence-corrected chi connectivity index (χ0v) is 17.0. The number of piperazine rings is 1. The molecule has 4 rings (SSSR count). The molecule has 32 heavy (non-hydrogen) atoms. The van der Waals surface area contributed by atoms with Crippen molar-refractivity contribution in [3.63, 3.8) is 0 Å². The van der Waals surface area contributed by atoms with Crippen molar-refractivity contribution in [3.05, 3.63) is 88.1 Å². The van der Waals surface area contributed by atoms with Gasteiger partial charge in [-0.15, -0.1) is 0 Å². The number of aromatic nitrogens is 1. The van der Waals surface area contributed by atoms with Crippen LogP contribution < -0.4 is 9.64 Å². The van der Waals surface area contributed by atoms with E-state index in [0.717, 1.165) is 0 Å². The van der Waals surface area contributed by atoms with E-state index in [9.17, 15) is 20.2 Å². The molecule has 0 radical (unpaired) electrons. The van der Waals surface area contributed by atoms with E-state index in [1.165, 1.54) is 18.2 Å². The summed E-state index contributed by atoms with van der Waals surface area (Å²) in [7, 11) is 0. The van der Waals surface area contributed by atoms with Crippen molar-refractivity contribution in [3.8, 4) is 17.6 Å². The first-order chi connectivity index (χ1) is 15.6. The summed E-state index contributed by atoms with van der Waals surface area (Å²) in [6.07, 6.45) is 1.63. The van der Waals surface area contributed by atoms with Crippen LogP contribution in [0.4, 0.5) is 11.5 Å². The predicted molar refractivity (Wildman–Crippen MR) is 117 cm³/mol. The molecule has 9 nitrogen and oxygen atoms in total. The average molecular weight is 429 g/mol. The summed E-state index contributed by atoms with van der Waals surface area (Å²) in [6, 6.07) is 18.5. The summed E-state index contributed by atoms with van der Waals surface area (Å²) < 4.78 is 5.85. The van der Waals surface area contributed by atoms with Crippen LogP contribution in [0.1, 0.15) is 15.9 Å². The van der Waals surface area contributed by atoms with Gasteiger partial charge < -0.3 is 14.5 Å². The fourth-order valence-corrected chi connectivity index (χ4v) is 3.53. The summed E-state index contributed by atoms with van der Waals surface area (Å²) in [5.74, 6) is 1.02. The van der Waals surface area contributed by atoms with Crippen LogP contribution in [-0.4, -0.2) is 46.9 Å². The van der Waals surface area contributed by atoms with Crippen LogP contribution in [0.5, 0.6) is 11.5 Å². The van der Waals surface area contributed by atoms with Gasteiger partial charge in [-0.1, -0.05) is 18.2 Å². The number of para-hydroxylation sites is 1. The van der Waals surface area contributed by atoms with E-state index in [4.69, 9.17) is 4.74 Å². The van der Waals surface area contributed by atoms with Crippen molar-refractivity contribution in [2.75, 3.05) is 31.1 Å². The third-order valence-corrected chi connectivity index (χ3v) is 5.15. The molecule has 0 atom stereocenters. The first kappa shape index (κ1) is 20.8. The molecule has 1 aliphatic rings. The molecular formula is C23H19N5O4. The molecular weight excluding hydrogens is 410 g/mol. The minimum absolute atomic E-state index is 0.132. The Kier molecular flexibility index (Phi) is 5.94. The number of amides is 1. The van der Waals surface area contributed by atoms with Gasteiger partial charge in [-0.2, -0.15) is 5.26 Å². The van der Waals surface area contributed by atoms with Crippen molar-refractivity contribution in [1.82, 2.24) is 9.88 Å². The van der Waals surface area contributed by atoms with E-state index in [-0.39, 0.29) is 22.9 Å². The molecule has 0 bridgehead atoms. The normalized spacial score (nSPS) is 13.3. The summed E-state index contributed by atoms with van der Waals surface area (Å²) in [4.78, 5) is 31.9. The van der Waals surface area contributed by atoms with Crippen LogP contribution in [0.15, 0.2) is 66.9 Å². The highest BCUT2D eigenvalue weighted by Gasteiger charge is 2.27. The number of ether oxygens (including phenoxy) is 1. The molecule has 1 aromatic heterocycles. The van der Waals surface area contributed by atoms with Crippen molar-refractivity contribution in [1.29, 1.82) is 5.26 Å². The second-order valence-electron chi connectivity index (χ2n) is 7.12. The van der Waals surface area contributed by atoms with Gasteiger partial charge in [0.05, 0.1) is 16.1 Å². The lowest BCUT2D eigenvalue weighted by Gasteiger charge is -2.35. The molecule has 2 aromatic carbocycles. The molecule has 0 unspecified atom stereocenters. The third-order valence-electron chi connectivity index (χ3n) is 5.15. The predicted octanol–water partition coefficient (Wildman–Crippen LogP) is 3.62. The van der Waals surface area contributed by atoms with E-state index < -0.39 is 4.92 Å². The number of nitro groups is 1. The SMILES string of the molecule is N#Cc1cccnc1N1CCN(C(=O)c2cc([N+](=O)[O-])ccc2Oc2ccccc2)CC1. The number of benzene rings is 2. The molecule has 9 heteroatoms.